The molecular formula is C35H57FN4O4. The van der Waals surface area contributed by atoms with E-state index in [0.29, 0.717) is 44.2 Å². The van der Waals surface area contributed by atoms with Crippen LogP contribution >= 0.6 is 0 Å². The third-order valence-corrected chi connectivity index (χ3v) is 6.51. The van der Waals surface area contributed by atoms with Crippen LogP contribution in [0.15, 0.2) is 54.7 Å². The molecule has 0 aromatic heterocycles. The lowest BCUT2D eigenvalue weighted by molar-refractivity contribution is -0.126. The molecule has 1 aliphatic carbocycles. The number of nitrogens with one attached hydrogen (secondary N) is 3. The average molecular weight is 617 g/mol. The minimum atomic E-state index is -0.378. The maximum atomic E-state index is 14.3. The highest BCUT2D eigenvalue weighted by molar-refractivity contribution is 5.85. The molecule has 2 amide bonds. The van der Waals surface area contributed by atoms with E-state index in [9.17, 15) is 14.0 Å². The maximum Gasteiger partial charge on any atom is 0.239 e. The minimum absolute atomic E-state index is 0.0358. The Morgan fingerprint density at radius 3 is 2.16 bits per heavy atom. The molecule has 1 unspecified atom stereocenters. The van der Waals surface area contributed by atoms with Gasteiger partial charge < -0.3 is 30.7 Å². The number of nitrogens with zero attached hydrogens (tertiary/aromatic N) is 1. The second-order valence-electron chi connectivity index (χ2n) is 9.76. The van der Waals surface area contributed by atoms with Crippen molar-refractivity contribution in [2.75, 3.05) is 39.8 Å². The summed E-state index contributed by atoms with van der Waals surface area (Å²) >= 11 is 0. The molecule has 1 aliphatic heterocycles. The number of aromatic hydroxyl groups is 1. The first-order chi connectivity index (χ1) is 21.2. The zero-order valence-corrected chi connectivity index (χ0v) is 28.3. The normalized spacial score (nSPS) is 17.6. The Kier molecular flexibility index (Phi) is 21.9. The van der Waals surface area contributed by atoms with Gasteiger partial charge in [-0.3, -0.25) is 9.59 Å². The Hall–Kier alpha value is -3.59. The van der Waals surface area contributed by atoms with Gasteiger partial charge in [-0.25, -0.2) is 4.39 Å². The molecule has 2 aromatic rings. The largest absolute Gasteiger partial charge is 0.508 e. The summed E-state index contributed by atoms with van der Waals surface area (Å²) in [5, 5.41) is 17.6. The lowest BCUT2D eigenvalue weighted by Crippen LogP contribution is -2.45. The van der Waals surface area contributed by atoms with E-state index in [1.807, 2.05) is 78.6 Å². The molecule has 1 saturated carbocycles. The van der Waals surface area contributed by atoms with Gasteiger partial charge in [0.05, 0.1) is 13.1 Å². The van der Waals surface area contributed by atoms with Crippen molar-refractivity contribution in [3.05, 3.63) is 71.7 Å². The minimum Gasteiger partial charge on any atom is -0.508 e. The Morgan fingerprint density at radius 2 is 1.57 bits per heavy atom. The van der Waals surface area contributed by atoms with E-state index in [4.69, 9.17) is 9.84 Å². The van der Waals surface area contributed by atoms with Gasteiger partial charge in [0.25, 0.3) is 0 Å². The molecule has 248 valence electrons. The molecule has 1 fully saturated rings. The first-order valence-corrected chi connectivity index (χ1v) is 16.1. The molecule has 44 heavy (non-hydrogen) atoms. The van der Waals surface area contributed by atoms with E-state index in [0.717, 1.165) is 24.1 Å². The van der Waals surface area contributed by atoms with Gasteiger partial charge >= 0.3 is 0 Å². The third kappa shape index (κ3) is 15.8. The van der Waals surface area contributed by atoms with Crippen LogP contribution in [-0.2, 0) is 16.0 Å². The van der Waals surface area contributed by atoms with Crippen LogP contribution in [-0.4, -0.2) is 67.7 Å². The number of rotatable bonds is 1. The standard InChI is InChI=1S/C22H31FN4O3.C7H8O.3C2H6/c1-15-21(16-8-9-16)25-11-12-30-22-17(5-3-7-18(22)23)6-4-10-24-19(28)13-26-20(29)14-27(15)2;1-6-2-4-7(8)5-3-6;3*1-2/h3,5,7,16,21,25H,1,4,6,8-14H2,2H3,(H,24,28)(H,26,29);2-5,8H,1H3;3*1-2H3. The lowest BCUT2D eigenvalue weighted by Gasteiger charge is -2.29. The highest BCUT2D eigenvalue weighted by Crippen LogP contribution is 2.36. The van der Waals surface area contributed by atoms with E-state index in [1.165, 1.54) is 11.6 Å². The van der Waals surface area contributed by atoms with Gasteiger partial charge in [0.1, 0.15) is 12.4 Å². The molecule has 1 heterocycles. The molecule has 2 aromatic carbocycles. The van der Waals surface area contributed by atoms with Crippen LogP contribution in [0.4, 0.5) is 4.39 Å². The second-order valence-corrected chi connectivity index (χ2v) is 9.76. The topological polar surface area (TPSA) is 103 Å². The number of amides is 2. The summed E-state index contributed by atoms with van der Waals surface area (Å²) in [7, 11) is 1.82. The van der Waals surface area contributed by atoms with Crippen molar-refractivity contribution in [1.82, 2.24) is 20.9 Å². The highest BCUT2D eigenvalue weighted by atomic mass is 19.1. The van der Waals surface area contributed by atoms with Crippen molar-refractivity contribution in [1.29, 1.82) is 0 Å². The van der Waals surface area contributed by atoms with E-state index in [-0.39, 0.29) is 42.5 Å². The zero-order chi connectivity index (χ0) is 33.5. The molecule has 0 radical (unpaired) electrons. The number of para-hydroxylation sites is 1. The zero-order valence-electron chi connectivity index (χ0n) is 28.3. The third-order valence-electron chi connectivity index (χ3n) is 6.51. The second kappa shape index (κ2) is 23.8. The van der Waals surface area contributed by atoms with Crippen molar-refractivity contribution in [3.63, 3.8) is 0 Å². The summed E-state index contributed by atoms with van der Waals surface area (Å²) in [6, 6.07) is 12.0. The molecule has 4 N–H and O–H groups in total. The SMILES string of the molecule is C=C1C(C2CC2)NCCOc2c(F)cccc2CCCNC(=O)CNC(=O)CN1C.CC.CC.CC.Cc1ccc(O)cc1. The first kappa shape index (κ1) is 40.4. The Balaban J connectivity index is 0.00000111. The van der Waals surface area contributed by atoms with Crippen molar-refractivity contribution < 1.29 is 23.8 Å². The molecule has 0 spiro atoms. The molecule has 8 nitrogen and oxygen atoms in total. The Bertz CT molecular complexity index is 1070. The molecule has 2 aliphatic rings. The number of halogens is 1. The van der Waals surface area contributed by atoms with Gasteiger partial charge in [-0.15, -0.1) is 0 Å². The fraction of sp³-hybridized carbons (Fsp3) is 0.543. The van der Waals surface area contributed by atoms with Crippen LogP contribution in [0, 0.1) is 18.7 Å². The molecular weight excluding hydrogens is 559 g/mol. The van der Waals surface area contributed by atoms with Crippen LogP contribution in [0.2, 0.25) is 0 Å². The predicted molar refractivity (Wildman–Crippen MR) is 179 cm³/mol. The van der Waals surface area contributed by atoms with E-state index in [1.54, 1.807) is 18.2 Å². The number of phenols is 1. The summed E-state index contributed by atoms with van der Waals surface area (Å²) < 4.78 is 20.1. The predicted octanol–water partition coefficient (Wildman–Crippen LogP) is 5.98. The van der Waals surface area contributed by atoms with Gasteiger partial charge in [-0.1, -0.05) is 78.0 Å². The summed E-state index contributed by atoms with van der Waals surface area (Å²) in [5.74, 6) is 0.227. The molecule has 1 atom stereocenters. The van der Waals surface area contributed by atoms with E-state index < -0.39 is 0 Å². The van der Waals surface area contributed by atoms with Crippen LogP contribution in [0.3, 0.4) is 0 Å². The smallest absolute Gasteiger partial charge is 0.239 e. The van der Waals surface area contributed by atoms with Gasteiger partial charge in [-0.2, -0.15) is 0 Å². The van der Waals surface area contributed by atoms with Crippen LogP contribution in [0.25, 0.3) is 0 Å². The maximum absolute atomic E-state index is 14.3. The number of fused-ring (bicyclic) bond motifs is 1. The number of hydrogen-bond acceptors (Lipinski definition) is 6. The summed E-state index contributed by atoms with van der Waals surface area (Å²) in [5.41, 5.74) is 2.77. The van der Waals surface area contributed by atoms with Crippen LogP contribution in [0.5, 0.6) is 11.5 Å². The number of likely N-dealkylation sites (N-methyl/N-ethyl adjacent to an activating group) is 1. The van der Waals surface area contributed by atoms with Crippen molar-refractivity contribution in [2.24, 2.45) is 5.92 Å². The fourth-order valence-electron chi connectivity index (χ4n) is 4.17. The summed E-state index contributed by atoms with van der Waals surface area (Å²) in [6.07, 6.45) is 3.44. The van der Waals surface area contributed by atoms with Crippen molar-refractivity contribution in [2.45, 2.75) is 80.2 Å². The molecule has 0 saturated heterocycles. The average Bonchev–Trinajstić information content (AvgIpc) is 3.89. The lowest BCUT2D eigenvalue weighted by atomic mass is 10.1. The number of phenolic OH excluding ortho intramolecular Hbond substituents is 1. The molecule has 0 bridgehead atoms. The summed E-state index contributed by atoms with van der Waals surface area (Å²) in [4.78, 5) is 26.0. The van der Waals surface area contributed by atoms with Gasteiger partial charge in [0.2, 0.25) is 11.8 Å². The van der Waals surface area contributed by atoms with E-state index in [2.05, 4.69) is 22.5 Å². The van der Waals surface area contributed by atoms with Crippen LogP contribution in [0.1, 0.15) is 71.9 Å². The monoisotopic (exact) mass is 616 g/mol. The number of aryl methyl sites for hydroxylation is 2. The number of carbonyl (C=O) groups is 2. The Labute approximate surface area is 265 Å². The van der Waals surface area contributed by atoms with Gasteiger partial charge in [0.15, 0.2) is 11.6 Å². The van der Waals surface area contributed by atoms with Gasteiger partial charge in [-0.05, 0) is 62.3 Å². The number of ether oxygens (including phenoxy) is 1. The quantitative estimate of drug-likeness (QED) is 0.315. The van der Waals surface area contributed by atoms with Crippen molar-refractivity contribution >= 4 is 11.8 Å². The number of hydrogen-bond donors (Lipinski definition) is 4. The number of benzene rings is 2. The van der Waals surface area contributed by atoms with Crippen LogP contribution < -0.4 is 20.7 Å². The fourth-order valence-corrected chi connectivity index (χ4v) is 4.17. The molecule has 9 heteroatoms. The molecule has 4 rings (SSSR count). The first-order valence-electron chi connectivity index (χ1n) is 16.1. The van der Waals surface area contributed by atoms with E-state index >= 15 is 0 Å². The Morgan fingerprint density at radius 1 is 0.932 bits per heavy atom. The van der Waals surface area contributed by atoms with Crippen molar-refractivity contribution in [3.8, 4) is 11.5 Å². The highest BCUT2D eigenvalue weighted by Gasteiger charge is 2.34. The van der Waals surface area contributed by atoms with Gasteiger partial charge in [0, 0.05) is 31.9 Å². The summed E-state index contributed by atoms with van der Waals surface area (Å²) in [6.45, 7) is 19.5. The number of carbonyl (C=O) groups excluding carboxylic acids is 2.